The summed E-state index contributed by atoms with van der Waals surface area (Å²) in [6.45, 7) is 0. The van der Waals surface area contributed by atoms with Crippen molar-refractivity contribution in [2.75, 3.05) is 19.5 Å². The van der Waals surface area contributed by atoms with Gasteiger partial charge in [-0.25, -0.2) is 0 Å². The van der Waals surface area contributed by atoms with E-state index in [0.29, 0.717) is 17.1 Å². The van der Waals surface area contributed by atoms with E-state index in [0.717, 1.165) is 16.3 Å². The van der Waals surface area contributed by atoms with Gasteiger partial charge in [0, 0.05) is 11.6 Å². The minimum absolute atomic E-state index is 0.0343. The van der Waals surface area contributed by atoms with Crippen LogP contribution in [0.5, 0.6) is 11.5 Å². The smallest absolute Gasteiger partial charge is 0.322 e. The van der Waals surface area contributed by atoms with Crippen molar-refractivity contribution in [1.82, 2.24) is 10.2 Å². The van der Waals surface area contributed by atoms with E-state index >= 15 is 0 Å². The van der Waals surface area contributed by atoms with Gasteiger partial charge in [0.2, 0.25) is 11.8 Å². The third-order valence-electron chi connectivity index (χ3n) is 4.50. The van der Waals surface area contributed by atoms with Gasteiger partial charge in [-0.05, 0) is 28.5 Å². The van der Waals surface area contributed by atoms with Crippen LogP contribution in [0.3, 0.4) is 0 Å². The van der Waals surface area contributed by atoms with E-state index in [2.05, 4.69) is 15.5 Å². The van der Waals surface area contributed by atoms with Crippen LogP contribution in [0.4, 0.5) is 6.01 Å². The van der Waals surface area contributed by atoms with Crippen molar-refractivity contribution in [2.24, 2.45) is 0 Å². The first-order chi connectivity index (χ1) is 14.2. The number of anilines is 1. The largest absolute Gasteiger partial charge is 0.497 e. The van der Waals surface area contributed by atoms with Crippen LogP contribution in [-0.4, -0.2) is 30.3 Å². The van der Waals surface area contributed by atoms with Crippen LogP contribution in [0.25, 0.3) is 22.2 Å². The molecule has 7 nitrogen and oxygen atoms in total. The fourth-order valence-electron chi connectivity index (χ4n) is 3.10. The number of nitrogens with zero attached hydrogens (tertiary/aromatic N) is 2. The quantitative estimate of drug-likeness (QED) is 0.535. The molecule has 4 aromatic rings. The maximum atomic E-state index is 12.5. The average Bonchev–Trinajstić information content (AvgIpc) is 3.22. The summed E-state index contributed by atoms with van der Waals surface area (Å²) in [5, 5.41) is 12.7. The Kier molecular flexibility index (Phi) is 5.11. The Morgan fingerprint density at radius 2 is 1.69 bits per heavy atom. The molecule has 0 bridgehead atoms. The van der Waals surface area contributed by atoms with Gasteiger partial charge in [0.25, 0.3) is 0 Å². The Hall–Kier alpha value is -3.87. The summed E-state index contributed by atoms with van der Waals surface area (Å²) in [6.07, 6.45) is 0.200. The van der Waals surface area contributed by atoms with Gasteiger partial charge in [-0.1, -0.05) is 47.6 Å². The fourth-order valence-corrected chi connectivity index (χ4v) is 3.10. The summed E-state index contributed by atoms with van der Waals surface area (Å²) in [5.74, 6) is 1.21. The SMILES string of the molecule is COc1cc(OC)cc(-c2nnc(NC(=O)Cc3cccc4ccccc34)o2)c1. The predicted molar refractivity (Wildman–Crippen MR) is 109 cm³/mol. The summed E-state index contributed by atoms with van der Waals surface area (Å²) >= 11 is 0. The number of fused-ring (bicyclic) bond motifs is 1. The van der Waals surface area contributed by atoms with Crippen LogP contribution < -0.4 is 14.8 Å². The van der Waals surface area contributed by atoms with E-state index in [1.54, 1.807) is 32.4 Å². The highest BCUT2D eigenvalue weighted by Crippen LogP contribution is 2.29. The minimum Gasteiger partial charge on any atom is -0.497 e. The molecule has 0 atom stereocenters. The predicted octanol–water partition coefficient (Wildman–Crippen LogP) is 4.09. The molecule has 0 radical (unpaired) electrons. The molecule has 0 spiro atoms. The highest BCUT2D eigenvalue weighted by atomic mass is 16.5. The van der Waals surface area contributed by atoms with Gasteiger partial charge in [-0.15, -0.1) is 5.10 Å². The van der Waals surface area contributed by atoms with E-state index in [-0.39, 0.29) is 24.2 Å². The van der Waals surface area contributed by atoms with Crippen LogP contribution in [0.1, 0.15) is 5.56 Å². The number of carbonyl (C=O) groups is 1. The summed E-state index contributed by atoms with van der Waals surface area (Å²) in [7, 11) is 3.12. The molecule has 1 amide bonds. The summed E-state index contributed by atoms with van der Waals surface area (Å²) in [5.41, 5.74) is 1.56. The van der Waals surface area contributed by atoms with E-state index < -0.39 is 0 Å². The lowest BCUT2D eigenvalue weighted by atomic mass is 10.0. The van der Waals surface area contributed by atoms with Crippen LogP contribution in [0.2, 0.25) is 0 Å². The second-order valence-corrected chi connectivity index (χ2v) is 6.38. The molecule has 0 saturated heterocycles. The average molecular weight is 389 g/mol. The topological polar surface area (TPSA) is 86.5 Å². The van der Waals surface area contributed by atoms with Gasteiger partial charge in [-0.3, -0.25) is 10.1 Å². The molecule has 0 unspecified atom stereocenters. The molecule has 1 N–H and O–H groups in total. The molecule has 0 aliphatic heterocycles. The number of benzene rings is 3. The van der Waals surface area contributed by atoms with E-state index in [9.17, 15) is 4.79 Å². The lowest BCUT2D eigenvalue weighted by Crippen LogP contribution is -2.14. The third-order valence-corrected chi connectivity index (χ3v) is 4.50. The maximum Gasteiger partial charge on any atom is 0.322 e. The Balaban J connectivity index is 1.51. The molecule has 0 fully saturated rings. The normalized spacial score (nSPS) is 10.7. The first kappa shape index (κ1) is 18.5. The number of rotatable bonds is 6. The van der Waals surface area contributed by atoms with Crippen molar-refractivity contribution in [3.63, 3.8) is 0 Å². The molecule has 0 saturated carbocycles. The minimum atomic E-state index is -0.236. The van der Waals surface area contributed by atoms with Crippen LogP contribution >= 0.6 is 0 Å². The first-order valence-electron chi connectivity index (χ1n) is 8.99. The molecule has 0 aliphatic rings. The fraction of sp³-hybridized carbons (Fsp3) is 0.136. The molecular formula is C22H19N3O4. The van der Waals surface area contributed by atoms with Crippen LogP contribution in [0, 0.1) is 0 Å². The molecule has 1 aromatic heterocycles. The van der Waals surface area contributed by atoms with Crippen LogP contribution in [-0.2, 0) is 11.2 Å². The Bertz CT molecular complexity index is 1140. The first-order valence-corrected chi connectivity index (χ1v) is 8.99. The van der Waals surface area contributed by atoms with Crippen molar-refractivity contribution in [1.29, 1.82) is 0 Å². The van der Waals surface area contributed by atoms with E-state index in [1.165, 1.54) is 0 Å². The van der Waals surface area contributed by atoms with Gasteiger partial charge in [0.1, 0.15) is 11.5 Å². The van der Waals surface area contributed by atoms with E-state index in [1.807, 2.05) is 42.5 Å². The van der Waals surface area contributed by atoms with Gasteiger partial charge < -0.3 is 13.9 Å². The molecule has 3 aromatic carbocycles. The Morgan fingerprint density at radius 3 is 2.45 bits per heavy atom. The number of hydrogen-bond donors (Lipinski definition) is 1. The third kappa shape index (κ3) is 4.03. The number of hydrogen-bond acceptors (Lipinski definition) is 6. The summed E-state index contributed by atoms with van der Waals surface area (Å²) in [6, 6.07) is 19.1. The summed E-state index contributed by atoms with van der Waals surface area (Å²) < 4.78 is 16.1. The zero-order chi connectivity index (χ0) is 20.2. The van der Waals surface area contributed by atoms with Crippen LogP contribution in [0.15, 0.2) is 65.1 Å². The molecule has 4 rings (SSSR count). The molecule has 1 heterocycles. The molecule has 0 aliphatic carbocycles. The summed E-state index contributed by atoms with van der Waals surface area (Å²) in [4.78, 5) is 12.5. The lowest BCUT2D eigenvalue weighted by molar-refractivity contribution is -0.115. The standard InChI is InChI=1S/C22H19N3O4/c1-27-17-10-16(11-18(13-17)28-2)21-24-25-22(29-21)23-20(26)12-15-8-5-7-14-6-3-4-9-19(14)15/h3-11,13H,12H2,1-2H3,(H,23,25,26). The number of aromatic nitrogens is 2. The maximum absolute atomic E-state index is 12.5. The number of amides is 1. The van der Waals surface area contributed by atoms with Gasteiger partial charge >= 0.3 is 6.01 Å². The number of nitrogens with one attached hydrogen (secondary N) is 1. The zero-order valence-corrected chi connectivity index (χ0v) is 16.0. The Labute approximate surface area is 167 Å². The van der Waals surface area contributed by atoms with Crippen molar-refractivity contribution in [3.8, 4) is 23.0 Å². The molecule has 29 heavy (non-hydrogen) atoms. The lowest BCUT2D eigenvalue weighted by Gasteiger charge is -2.06. The van der Waals surface area contributed by atoms with Crippen molar-refractivity contribution < 1.29 is 18.7 Å². The number of ether oxygens (including phenoxy) is 2. The number of methoxy groups -OCH3 is 2. The van der Waals surface area contributed by atoms with Gasteiger partial charge in [0.05, 0.1) is 20.6 Å². The van der Waals surface area contributed by atoms with E-state index in [4.69, 9.17) is 13.9 Å². The van der Waals surface area contributed by atoms with Crippen molar-refractivity contribution >= 4 is 22.7 Å². The second-order valence-electron chi connectivity index (χ2n) is 6.38. The number of carbonyl (C=O) groups excluding carboxylic acids is 1. The molecular weight excluding hydrogens is 370 g/mol. The van der Waals surface area contributed by atoms with Gasteiger partial charge in [-0.2, -0.15) is 0 Å². The second kappa shape index (κ2) is 8.02. The van der Waals surface area contributed by atoms with Gasteiger partial charge in [0.15, 0.2) is 0 Å². The van der Waals surface area contributed by atoms with Crippen molar-refractivity contribution in [3.05, 3.63) is 66.2 Å². The van der Waals surface area contributed by atoms with Crippen molar-refractivity contribution in [2.45, 2.75) is 6.42 Å². The highest BCUT2D eigenvalue weighted by molar-refractivity contribution is 5.95. The highest BCUT2D eigenvalue weighted by Gasteiger charge is 2.14. The molecule has 7 heteroatoms. The Morgan fingerprint density at radius 1 is 0.966 bits per heavy atom. The zero-order valence-electron chi connectivity index (χ0n) is 16.0. The monoisotopic (exact) mass is 389 g/mol. The molecule has 146 valence electrons.